The van der Waals surface area contributed by atoms with Crippen LogP contribution in [0.25, 0.3) is 0 Å². The first-order valence-corrected chi connectivity index (χ1v) is 6.21. The first kappa shape index (κ1) is 13.2. The van der Waals surface area contributed by atoms with Gasteiger partial charge in [-0.25, -0.2) is 0 Å². The summed E-state index contributed by atoms with van der Waals surface area (Å²) in [7, 11) is 0. The minimum absolute atomic E-state index is 0.0981. The van der Waals surface area contributed by atoms with Crippen molar-refractivity contribution in [2.24, 2.45) is 17.6 Å². The van der Waals surface area contributed by atoms with Gasteiger partial charge in [-0.15, -0.1) is 0 Å². The van der Waals surface area contributed by atoms with Crippen molar-refractivity contribution >= 4 is 5.91 Å². The van der Waals surface area contributed by atoms with Crippen LogP contribution >= 0.6 is 0 Å². The first-order valence-electron chi connectivity index (χ1n) is 6.21. The lowest BCUT2D eigenvalue weighted by molar-refractivity contribution is -0.127. The molecule has 2 N–H and O–H groups in total. The lowest BCUT2D eigenvalue weighted by Gasteiger charge is -2.37. The lowest BCUT2D eigenvalue weighted by Crippen LogP contribution is -2.50. The largest absolute Gasteiger partial charge is 0.338 e. The number of likely N-dealkylation sites (tertiary alicyclic amines) is 1. The fourth-order valence-electron chi connectivity index (χ4n) is 2.38. The maximum absolute atomic E-state index is 11.7. The number of hydrogen-bond acceptors (Lipinski definition) is 2. The molecule has 1 amide bonds. The van der Waals surface area contributed by atoms with E-state index in [2.05, 4.69) is 13.8 Å². The van der Waals surface area contributed by atoms with Crippen LogP contribution in [0.3, 0.4) is 0 Å². The maximum atomic E-state index is 11.7. The molecule has 1 fully saturated rings. The molecular weight excluding hydrogens is 200 g/mol. The highest BCUT2D eigenvalue weighted by Gasteiger charge is 2.28. The molecule has 3 nitrogen and oxygen atoms in total. The molecule has 1 aliphatic rings. The second-order valence-electron chi connectivity index (χ2n) is 5.13. The average Bonchev–Trinajstić information content (AvgIpc) is 2.20. The van der Waals surface area contributed by atoms with Crippen molar-refractivity contribution in [3.8, 4) is 0 Å². The van der Waals surface area contributed by atoms with Gasteiger partial charge in [-0.05, 0) is 37.7 Å². The molecule has 92 valence electrons. The molecule has 0 bridgehead atoms. The number of carbonyl (C=O) groups excluding carboxylic acids is 1. The fourth-order valence-corrected chi connectivity index (χ4v) is 2.38. The zero-order valence-corrected chi connectivity index (χ0v) is 10.6. The van der Waals surface area contributed by atoms with E-state index in [1.54, 1.807) is 12.2 Å². The standard InChI is InChI=1S/C13H24N2O/c1-4-5-13(16)15-7-6-11(8-10(2)3)12(14)9-15/h4-5,10-12H,6-9,14H2,1-3H3/b5-4+. The molecule has 1 heterocycles. The highest BCUT2D eigenvalue weighted by Crippen LogP contribution is 2.23. The van der Waals surface area contributed by atoms with Crippen molar-refractivity contribution in [2.45, 2.75) is 39.7 Å². The van der Waals surface area contributed by atoms with Gasteiger partial charge in [-0.2, -0.15) is 0 Å². The molecule has 0 spiro atoms. The zero-order chi connectivity index (χ0) is 12.1. The van der Waals surface area contributed by atoms with E-state index < -0.39 is 0 Å². The molecule has 0 aliphatic carbocycles. The Morgan fingerprint density at radius 3 is 2.75 bits per heavy atom. The molecule has 0 saturated carbocycles. The van der Waals surface area contributed by atoms with Gasteiger partial charge in [-0.3, -0.25) is 4.79 Å². The fraction of sp³-hybridized carbons (Fsp3) is 0.769. The van der Waals surface area contributed by atoms with Crippen molar-refractivity contribution in [1.29, 1.82) is 0 Å². The molecule has 1 rings (SSSR count). The zero-order valence-electron chi connectivity index (χ0n) is 10.6. The van der Waals surface area contributed by atoms with E-state index in [0.717, 1.165) is 13.0 Å². The quantitative estimate of drug-likeness (QED) is 0.743. The van der Waals surface area contributed by atoms with Crippen molar-refractivity contribution < 1.29 is 4.79 Å². The van der Waals surface area contributed by atoms with Crippen LogP contribution in [0, 0.1) is 11.8 Å². The SMILES string of the molecule is C/C=C/C(=O)N1CCC(CC(C)C)C(N)C1. The Kier molecular flexibility index (Phi) is 5.00. The van der Waals surface area contributed by atoms with Crippen LogP contribution < -0.4 is 5.73 Å². The normalized spacial score (nSPS) is 26.7. The van der Waals surface area contributed by atoms with Gasteiger partial charge in [-0.1, -0.05) is 19.9 Å². The summed E-state index contributed by atoms with van der Waals surface area (Å²) in [6, 6.07) is 0.144. The topological polar surface area (TPSA) is 46.3 Å². The molecule has 2 atom stereocenters. The van der Waals surface area contributed by atoms with Crippen LogP contribution in [0.4, 0.5) is 0 Å². The molecule has 0 radical (unpaired) electrons. The number of carbonyl (C=O) groups is 1. The Hall–Kier alpha value is -0.830. The molecule has 2 unspecified atom stereocenters. The van der Waals surface area contributed by atoms with E-state index in [1.807, 2.05) is 11.8 Å². The third-order valence-electron chi connectivity index (χ3n) is 3.20. The maximum Gasteiger partial charge on any atom is 0.246 e. The van der Waals surface area contributed by atoms with Gasteiger partial charge < -0.3 is 10.6 Å². The second-order valence-corrected chi connectivity index (χ2v) is 5.13. The van der Waals surface area contributed by atoms with E-state index in [1.165, 1.54) is 6.42 Å². The van der Waals surface area contributed by atoms with Crippen molar-refractivity contribution in [1.82, 2.24) is 4.90 Å². The molecule has 0 aromatic rings. The number of allylic oxidation sites excluding steroid dienone is 1. The summed E-state index contributed by atoms with van der Waals surface area (Å²) in [4.78, 5) is 13.5. The minimum atomic E-state index is 0.0981. The van der Waals surface area contributed by atoms with Crippen LogP contribution in [0.2, 0.25) is 0 Å². The highest BCUT2D eigenvalue weighted by atomic mass is 16.2. The molecular formula is C13H24N2O. The number of amides is 1. The monoisotopic (exact) mass is 224 g/mol. The van der Waals surface area contributed by atoms with Gasteiger partial charge in [0.05, 0.1) is 0 Å². The molecule has 1 aliphatic heterocycles. The Morgan fingerprint density at radius 1 is 1.56 bits per heavy atom. The van der Waals surface area contributed by atoms with Crippen molar-refractivity contribution in [3.63, 3.8) is 0 Å². The second kappa shape index (κ2) is 6.04. The molecule has 0 aromatic heterocycles. The molecule has 0 aromatic carbocycles. The molecule has 16 heavy (non-hydrogen) atoms. The van der Waals surface area contributed by atoms with Crippen LogP contribution in [-0.4, -0.2) is 29.9 Å². The van der Waals surface area contributed by atoms with Gasteiger partial charge in [0.25, 0.3) is 0 Å². The van der Waals surface area contributed by atoms with Gasteiger partial charge in [0.2, 0.25) is 5.91 Å². The third-order valence-corrected chi connectivity index (χ3v) is 3.20. The van der Waals surface area contributed by atoms with E-state index >= 15 is 0 Å². The van der Waals surface area contributed by atoms with Gasteiger partial charge in [0.15, 0.2) is 0 Å². The van der Waals surface area contributed by atoms with Gasteiger partial charge in [0.1, 0.15) is 0 Å². The molecule has 1 saturated heterocycles. The smallest absolute Gasteiger partial charge is 0.246 e. The third kappa shape index (κ3) is 3.63. The van der Waals surface area contributed by atoms with Crippen molar-refractivity contribution in [2.75, 3.05) is 13.1 Å². The number of hydrogen-bond donors (Lipinski definition) is 1. The average molecular weight is 224 g/mol. The number of piperidine rings is 1. The predicted octanol–water partition coefficient (Wildman–Crippen LogP) is 1.78. The van der Waals surface area contributed by atoms with Crippen LogP contribution in [0.1, 0.15) is 33.6 Å². The Bertz CT molecular complexity index is 261. The predicted molar refractivity (Wildman–Crippen MR) is 66.9 cm³/mol. The summed E-state index contributed by atoms with van der Waals surface area (Å²) in [5, 5.41) is 0. The number of nitrogens with zero attached hydrogens (tertiary/aromatic N) is 1. The number of nitrogens with two attached hydrogens (primary N) is 1. The summed E-state index contributed by atoms with van der Waals surface area (Å²) in [6.07, 6.45) is 5.62. The Labute approximate surface area is 98.7 Å². The van der Waals surface area contributed by atoms with E-state index in [0.29, 0.717) is 18.4 Å². The van der Waals surface area contributed by atoms with E-state index in [4.69, 9.17) is 5.73 Å². The van der Waals surface area contributed by atoms with Gasteiger partial charge in [0, 0.05) is 19.1 Å². The summed E-state index contributed by atoms with van der Waals surface area (Å²) >= 11 is 0. The van der Waals surface area contributed by atoms with Crippen LogP contribution in [0.5, 0.6) is 0 Å². The Morgan fingerprint density at radius 2 is 2.25 bits per heavy atom. The summed E-state index contributed by atoms with van der Waals surface area (Å²) in [5.74, 6) is 1.37. The van der Waals surface area contributed by atoms with E-state index in [9.17, 15) is 4.79 Å². The van der Waals surface area contributed by atoms with Gasteiger partial charge >= 0.3 is 0 Å². The van der Waals surface area contributed by atoms with Crippen molar-refractivity contribution in [3.05, 3.63) is 12.2 Å². The molecule has 3 heteroatoms. The Balaban J connectivity index is 2.48. The number of rotatable bonds is 3. The summed E-state index contributed by atoms with van der Waals surface area (Å²) < 4.78 is 0. The summed E-state index contributed by atoms with van der Waals surface area (Å²) in [5.41, 5.74) is 6.13. The van der Waals surface area contributed by atoms with Crippen LogP contribution in [-0.2, 0) is 4.79 Å². The highest BCUT2D eigenvalue weighted by molar-refractivity contribution is 5.87. The summed E-state index contributed by atoms with van der Waals surface area (Å²) in [6.45, 7) is 7.88. The van der Waals surface area contributed by atoms with Crippen LogP contribution in [0.15, 0.2) is 12.2 Å². The minimum Gasteiger partial charge on any atom is -0.338 e. The van der Waals surface area contributed by atoms with E-state index in [-0.39, 0.29) is 11.9 Å². The first-order chi connectivity index (χ1) is 7.54. The lowest BCUT2D eigenvalue weighted by atomic mass is 9.85.